The van der Waals surface area contributed by atoms with Gasteiger partial charge in [-0.25, -0.2) is 0 Å². The smallest absolute Gasteiger partial charge is 0.142 e. The first-order valence-corrected chi connectivity index (χ1v) is 6.86. The Hall–Kier alpha value is -1.22. The second-order valence-corrected chi connectivity index (χ2v) is 5.29. The Morgan fingerprint density at radius 3 is 2.89 bits per heavy atom. The number of benzene rings is 1. The third-order valence-electron chi connectivity index (χ3n) is 3.59. The van der Waals surface area contributed by atoms with Crippen molar-refractivity contribution in [3.63, 3.8) is 0 Å². The van der Waals surface area contributed by atoms with Gasteiger partial charge in [-0.15, -0.1) is 0 Å². The number of ether oxygens (including phenoxy) is 1. The molecule has 1 fully saturated rings. The first-order valence-electron chi connectivity index (χ1n) is 6.86. The summed E-state index contributed by atoms with van der Waals surface area (Å²) in [6.07, 6.45) is 2.55. The van der Waals surface area contributed by atoms with Crippen molar-refractivity contribution >= 4 is 5.69 Å². The number of hydrogen-bond donors (Lipinski definition) is 2. The van der Waals surface area contributed by atoms with E-state index in [2.05, 4.69) is 42.7 Å². The standard InChI is InChI=1S/C15H24N2O/c1-11(2)12-6-7-14(15(9-12)18-3)17-10-13-5-4-8-16-13/h6-7,9,11,13,16-17H,4-5,8,10H2,1-3H3. The Kier molecular flexibility index (Phi) is 4.48. The minimum Gasteiger partial charge on any atom is -0.495 e. The maximum Gasteiger partial charge on any atom is 0.142 e. The van der Waals surface area contributed by atoms with Gasteiger partial charge in [0.05, 0.1) is 12.8 Å². The molecule has 0 aromatic heterocycles. The molecule has 0 bridgehead atoms. The van der Waals surface area contributed by atoms with Crippen LogP contribution in [0.5, 0.6) is 5.75 Å². The molecule has 3 nitrogen and oxygen atoms in total. The zero-order valence-electron chi connectivity index (χ0n) is 11.6. The molecule has 1 saturated heterocycles. The average Bonchev–Trinajstić information content (AvgIpc) is 2.89. The number of methoxy groups -OCH3 is 1. The fourth-order valence-corrected chi connectivity index (χ4v) is 2.38. The van der Waals surface area contributed by atoms with Gasteiger partial charge in [-0.05, 0) is 43.0 Å². The lowest BCUT2D eigenvalue weighted by molar-refractivity contribution is 0.415. The summed E-state index contributed by atoms with van der Waals surface area (Å²) in [7, 11) is 1.73. The lowest BCUT2D eigenvalue weighted by Crippen LogP contribution is -2.29. The van der Waals surface area contributed by atoms with E-state index in [1.54, 1.807) is 7.11 Å². The predicted molar refractivity (Wildman–Crippen MR) is 76.6 cm³/mol. The Morgan fingerprint density at radius 2 is 2.28 bits per heavy atom. The summed E-state index contributed by atoms with van der Waals surface area (Å²) in [6, 6.07) is 7.04. The number of rotatable bonds is 5. The van der Waals surface area contributed by atoms with Crippen LogP contribution in [0.2, 0.25) is 0 Å². The summed E-state index contributed by atoms with van der Waals surface area (Å²) in [6.45, 7) is 6.52. The van der Waals surface area contributed by atoms with Gasteiger partial charge < -0.3 is 15.4 Å². The summed E-state index contributed by atoms with van der Waals surface area (Å²) < 4.78 is 5.47. The molecule has 1 atom stereocenters. The van der Waals surface area contributed by atoms with E-state index in [1.165, 1.54) is 18.4 Å². The van der Waals surface area contributed by atoms with Crippen molar-refractivity contribution in [3.8, 4) is 5.75 Å². The van der Waals surface area contributed by atoms with Crippen LogP contribution in [0.1, 0.15) is 38.2 Å². The summed E-state index contributed by atoms with van der Waals surface area (Å²) >= 11 is 0. The van der Waals surface area contributed by atoms with E-state index in [0.29, 0.717) is 12.0 Å². The fourth-order valence-electron chi connectivity index (χ4n) is 2.38. The van der Waals surface area contributed by atoms with Gasteiger partial charge in [0.15, 0.2) is 0 Å². The van der Waals surface area contributed by atoms with Gasteiger partial charge in [-0.1, -0.05) is 19.9 Å². The third kappa shape index (κ3) is 3.16. The van der Waals surface area contributed by atoms with Crippen LogP contribution in [0.25, 0.3) is 0 Å². The predicted octanol–water partition coefficient (Wildman–Crippen LogP) is 2.98. The van der Waals surface area contributed by atoms with Crippen molar-refractivity contribution in [3.05, 3.63) is 23.8 Å². The van der Waals surface area contributed by atoms with Crippen molar-refractivity contribution in [2.24, 2.45) is 0 Å². The maximum absolute atomic E-state index is 5.47. The highest BCUT2D eigenvalue weighted by Gasteiger charge is 2.14. The maximum atomic E-state index is 5.47. The highest BCUT2D eigenvalue weighted by Crippen LogP contribution is 2.28. The molecule has 0 amide bonds. The topological polar surface area (TPSA) is 33.3 Å². The van der Waals surface area contributed by atoms with Crippen molar-refractivity contribution in [2.45, 2.75) is 38.6 Å². The van der Waals surface area contributed by atoms with Gasteiger partial charge in [-0.2, -0.15) is 0 Å². The van der Waals surface area contributed by atoms with Crippen molar-refractivity contribution in [2.75, 3.05) is 25.5 Å². The molecule has 100 valence electrons. The summed E-state index contributed by atoms with van der Waals surface area (Å²) in [5, 5.41) is 6.98. The Bertz CT molecular complexity index is 384. The van der Waals surface area contributed by atoms with Gasteiger partial charge in [0.1, 0.15) is 5.75 Å². The second kappa shape index (κ2) is 6.10. The molecule has 3 heteroatoms. The molecule has 1 aromatic carbocycles. The lowest BCUT2D eigenvalue weighted by Gasteiger charge is -2.16. The van der Waals surface area contributed by atoms with Gasteiger partial charge in [0.2, 0.25) is 0 Å². The van der Waals surface area contributed by atoms with E-state index in [-0.39, 0.29) is 0 Å². The molecule has 0 aliphatic carbocycles. The summed E-state index contributed by atoms with van der Waals surface area (Å²) in [4.78, 5) is 0. The Morgan fingerprint density at radius 1 is 1.44 bits per heavy atom. The molecule has 0 saturated carbocycles. The molecule has 2 N–H and O–H groups in total. The minimum atomic E-state index is 0.532. The quantitative estimate of drug-likeness (QED) is 0.840. The Labute approximate surface area is 110 Å². The molecule has 1 heterocycles. The van der Waals surface area contributed by atoms with Crippen LogP contribution in [0.4, 0.5) is 5.69 Å². The van der Waals surface area contributed by atoms with Gasteiger partial charge in [0, 0.05) is 12.6 Å². The molecule has 18 heavy (non-hydrogen) atoms. The normalized spacial score (nSPS) is 19.2. The molecule has 0 spiro atoms. The fraction of sp³-hybridized carbons (Fsp3) is 0.600. The van der Waals surface area contributed by atoms with E-state index in [9.17, 15) is 0 Å². The lowest BCUT2D eigenvalue weighted by atomic mass is 10.0. The Balaban J connectivity index is 2.02. The first kappa shape index (κ1) is 13.2. The van der Waals surface area contributed by atoms with Crippen LogP contribution in [-0.2, 0) is 0 Å². The highest BCUT2D eigenvalue weighted by molar-refractivity contribution is 5.58. The molecule has 1 unspecified atom stereocenters. The summed E-state index contributed by atoms with van der Waals surface area (Å²) in [5.74, 6) is 1.48. The number of anilines is 1. The minimum absolute atomic E-state index is 0.532. The van der Waals surface area contributed by atoms with E-state index < -0.39 is 0 Å². The van der Waals surface area contributed by atoms with Crippen LogP contribution in [-0.4, -0.2) is 26.2 Å². The molecule has 1 aliphatic heterocycles. The van der Waals surface area contributed by atoms with Crippen LogP contribution < -0.4 is 15.4 Å². The van der Waals surface area contributed by atoms with Gasteiger partial charge >= 0.3 is 0 Å². The zero-order valence-corrected chi connectivity index (χ0v) is 11.6. The van der Waals surface area contributed by atoms with E-state index in [0.717, 1.165) is 24.5 Å². The second-order valence-electron chi connectivity index (χ2n) is 5.29. The van der Waals surface area contributed by atoms with Crippen LogP contribution in [0, 0.1) is 0 Å². The molecule has 2 rings (SSSR count). The van der Waals surface area contributed by atoms with Crippen molar-refractivity contribution < 1.29 is 4.74 Å². The average molecular weight is 248 g/mol. The molecule has 1 aromatic rings. The highest BCUT2D eigenvalue weighted by atomic mass is 16.5. The van der Waals surface area contributed by atoms with Gasteiger partial charge in [-0.3, -0.25) is 0 Å². The van der Waals surface area contributed by atoms with E-state index in [1.807, 2.05) is 0 Å². The molecule has 0 radical (unpaired) electrons. The van der Waals surface area contributed by atoms with Crippen molar-refractivity contribution in [1.29, 1.82) is 0 Å². The van der Waals surface area contributed by atoms with E-state index >= 15 is 0 Å². The van der Waals surface area contributed by atoms with E-state index in [4.69, 9.17) is 4.74 Å². The molecular formula is C15H24N2O. The number of nitrogens with one attached hydrogen (secondary N) is 2. The molecular weight excluding hydrogens is 224 g/mol. The third-order valence-corrected chi connectivity index (χ3v) is 3.59. The first-order chi connectivity index (χ1) is 8.70. The largest absolute Gasteiger partial charge is 0.495 e. The van der Waals surface area contributed by atoms with Crippen LogP contribution >= 0.6 is 0 Å². The number of hydrogen-bond acceptors (Lipinski definition) is 3. The van der Waals surface area contributed by atoms with Crippen molar-refractivity contribution in [1.82, 2.24) is 5.32 Å². The van der Waals surface area contributed by atoms with Crippen LogP contribution in [0.15, 0.2) is 18.2 Å². The molecule has 1 aliphatic rings. The monoisotopic (exact) mass is 248 g/mol. The SMILES string of the molecule is COc1cc(C(C)C)ccc1NCC1CCCN1. The van der Waals surface area contributed by atoms with Gasteiger partial charge in [0.25, 0.3) is 0 Å². The summed E-state index contributed by atoms with van der Waals surface area (Å²) in [5.41, 5.74) is 2.41. The zero-order chi connectivity index (χ0) is 13.0. The van der Waals surface area contributed by atoms with Crippen LogP contribution in [0.3, 0.4) is 0 Å².